The molecular weight excluding hydrogens is 218 g/mol. The molecule has 0 aromatic carbocycles. The van der Waals surface area contributed by atoms with Crippen molar-refractivity contribution >= 4 is 9.84 Å². The zero-order valence-electron chi connectivity index (χ0n) is 8.34. The monoisotopic (exact) mass is 231 g/mol. The minimum atomic E-state index is -3.18. The van der Waals surface area contributed by atoms with Crippen molar-refractivity contribution in [3.63, 3.8) is 0 Å². The fourth-order valence-corrected chi connectivity index (χ4v) is 3.79. The molecule has 1 aliphatic rings. The lowest BCUT2D eigenvalue weighted by molar-refractivity contribution is 0.426. The molecule has 8 heteroatoms. The van der Waals surface area contributed by atoms with Crippen molar-refractivity contribution in [2.75, 3.05) is 6.26 Å². The summed E-state index contributed by atoms with van der Waals surface area (Å²) in [5, 5.41) is 12.7. The quantitative estimate of drug-likeness (QED) is 0.671. The number of hydrogen-bond donors (Lipinski definition) is 2. The van der Waals surface area contributed by atoms with E-state index in [0.717, 1.165) is 6.42 Å². The SMILES string of the molecule is CS(=O)(=O)C1CCCC1(N)c1nn[nH]n1. The first-order chi connectivity index (χ1) is 6.94. The Kier molecular flexibility index (Phi) is 2.27. The Morgan fingerprint density at radius 1 is 1.60 bits per heavy atom. The van der Waals surface area contributed by atoms with E-state index in [2.05, 4.69) is 20.6 Å². The Bertz CT molecular complexity index is 442. The second-order valence-corrected chi connectivity index (χ2v) is 6.21. The predicted octanol–water partition coefficient (Wildman–Crippen LogP) is -1.05. The number of aromatic amines is 1. The maximum atomic E-state index is 11.6. The van der Waals surface area contributed by atoms with E-state index in [4.69, 9.17) is 5.73 Å². The first-order valence-corrected chi connectivity index (χ1v) is 6.62. The molecule has 0 radical (unpaired) electrons. The lowest BCUT2D eigenvalue weighted by atomic mass is 9.98. The standard InChI is InChI=1S/C7H13N5O2S/c1-15(13,14)5-3-2-4-7(5,8)6-9-11-12-10-6/h5H,2-4,8H2,1H3,(H,9,10,11,12). The minimum Gasteiger partial charge on any atom is -0.318 e. The van der Waals surface area contributed by atoms with Crippen molar-refractivity contribution in [2.24, 2.45) is 5.73 Å². The van der Waals surface area contributed by atoms with E-state index in [1.807, 2.05) is 0 Å². The average molecular weight is 231 g/mol. The Balaban J connectivity index is 2.44. The van der Waals surface area contributed by atoms with Crippen molar-refractivity contribution in [3.8, 4) is 0 Å². The summed E-state index contributed by atoms with van der Waals surface area (Å²) in [7, 11) is -3.18. The lowest BCUT2D eigenvalue weighted by Crippen LogP contribution is -2.48. The molecule has 7 nitrogen and oxygen atoms in total. The Hall–Kier alpha value is -1.02. The van der Waals surface area contributed by atoms with Crippen LogP contribution >= 0.6 is 0 Å². The number of rotatable bonds is 2. The summed E-state index contributed by atoms with van der Waals surface area (Å²) in [5.41, 5.74) is 5.11. The summed E-state index contributed by atoms with van der Waals surface area (Å²) in [6, 6.07) is 0. The van der Waals surface area contributed by atoms with Gasteiger partial charge in [-0.05, 0) is 19.3 Å². The van der Waals surface area contributed by atoms with Crippen molar-refractivity contribution in [1.29, 1.82) is 0 Å². The van der Waals surface area contributed by atoms with Gasteiger partial charge < -0.3 is 5.73 Å². The number of nitrogens with two attached hydrogens (primary N) is 1. The van der Waals surface area contributed by atoms with E-state index in [1.54, 1.807) is 0 Å². The van der Waals surface area contributed by atoms with Gasteiger partial charge in [0.2, 0.25) is 0 Å². The van der Waals surface area contributed by atoms with Crippen molar-refractivity contribution in [3.05, 3.63) is 5.82 Å². The number of H-pyrrole nitrogens is 1. The van der Waals surface area contributed by atoms with Crippen LogP contribution in [0.15, 0.2) is 0 Å². The van der Waals surface area contributed by atoms with Crippen LogP contribution in [0.25, 0.3) is 0 Å². The third kappa shape index (κ3) is 1.63. The first-order valence-electron chi connectivity index (χ1n) is 4.66. The van der Waals surface area contributed by atoms with E-state index in [0.29, 0.717) is 12.8 Å². The Labute approximate surface area is 87.4 Å². The fraction of sp³-hybridized carbons (Fsp3) is 0.857. The molecule has 0 aliphatic heterocycles. The van der Waals surface area contributed by atoms with Crippen LogP contribution in [0.1, 0.15) is 25.1 Å². The van der Waals surface area contributed by atoms with E-state index >= 15 is 0 Å². The maximum absolute atomic E-state index is 11.6. The molecule has 1 aliphatic carbocycles. The minimum absolute atomic E-state index is 0.287. The van der Waals surface area contributed by atoms with Gasteiger partial charge in [0, 0.05) is 6.26 Å². The average Bonchev–Trinajstić information content (AvgIpc) is 2.69. The number of tetrazole rings is 1. The van der Waals surface area contributed by atoms with Gasteiger partial charge in [-0.25, -0.2) is 8.42 Å². The predicted molar refractivity (Wildman–Crippen MR) is 52.5 cm³/mol. The topological polar surface area (TPSA) is 115 Å². The highest BCUT2D eigenvalue weighted by molar-refractivity contribution is 7.91. The van der Waals surface area contributed by atoms with Gasteiger partial charge in [0.15, 0.2) is 15.7 Å². The van der Waals surface area contributed by atoms with E-state index in [1.165, 1.54) is 6.26 Å². The molecule has 1 heterocycles. The molecule has 1 saturated carbocycles. The highest BCUT2D eigenvalue weighted by Crippen LogP contribution is 2.38. The van der Waals surface area contributed by atoms with Gasteiger partial charge in [-0.3, -0.25) is 0 Å². The molecule has 0 spiro atoms. The first kappa shape index (κ1) is 10.5. The van der Waals surface area contributed by atoms with Gasteiger partial charge >= 0.3 is 0 Å². The van der Waals surface area contributed by atoms with E-state index in [-0.39, 0.29) is 5.82 Å². The Morgan fingerprint density at radius 3 is 2.87 bits per heavy atom. The van der Waals surface area contributed by atoms with Gasteiger partial charge in [-0.2, -0.15) is 5.21 Å². The fourth-order valence-electron chi connectivity index (χ4n) is 2.21. The van der Waals surface area contributed by atoms with Crippen molar-refractivity contribution in [1.82, 2.24) is 20.6 Å². The van der Waals surface area contributed by atoms with Crippen LogP contribution in [0, 0.1) is 0 Å². The number of nitrogens with one attached hydrogen (secondary N) is 1. The molecule has 0 saturated heterocycles. The van der Waals surface area contributed by atoms with Crippen LogP contribution < -0.4 is 5.73 Å². The van der Waals surface area contributed by atoms with Gasteiger partial charge in [0.25, 0.3) is 0 Å². The summed E-state index contributed by atoms with van der Waals surface area (Å²) in [6.07, 6.45) is 3.10. The van der Waals surface area contributed by atoms with Crippen LogP contribution in [-0.4, -0.2) is 40.5 Å². The number of nitrogens with zero attached hydrogens (tertiary/aromatic N) is 3. The molecule has 2 atom stereocenters. The zero-order valence-corrected chi connectivity index (χ0v) is 9.16. The van der Waals surface area contributed by atoms with E-state index < -0.39 is 20.6 Å². The maximum Gasteiger partial charge on any atom is 0.195 e. The van der Waals surface area contributed by atoms with Crippen LogP contribution in [0.4, 0.5) is 0 Å². The molecule has 0 bridgehead atoms. The van der Waals surface area contributed by atoms with Crippen molar-refractivity contribution < 1.29 is 8.42 Å². The molecule has 1 aromatic rings. The molecular formula is C7H13N5O2S. The van der Waals surface area contributed by atoms with Crippen LogP contribution in [0.2, 0.25) is 0 Å². The number of hydrogen-bond acceptors (Lipinski definition) is 6. The molecule has 3 N–H and O–H groups in total. The van der Waals surface area contributed by atoms with Gasteiger partial charge in [0.05, 0.1) is 10.8 Å². The molecule has 84 valence electrons. The molecule has 15 heavy (non-hydrogen) atoms. The molecule has 1 aromatic heterocycles. The smallest absolute Gasteiger partial charge is 0.195 e. The normalized spacial score (nSPS) is 32.0. The van der Waals surface area contributed by atoms with Gasteiger partial charge in [-0.15, -0.1) is 10.2 Å². The third-order valence-corrected chi connectivity index (χ3v) is 4.60. The molecule has 2 rings (SSSR count). The number of aromatic nitrogens is 4. The largest absolute Gasteiger partial charge is 0.318 e. The lowest BCUT2D eigenvalue weighted by Gasteiger charge is -2.26. The third-order valence-electron chi connectivity index (χ3n) is 2.91. The van der Waals surface area contributed by atoms with Crippen LogP contribution in [0.5, 0.6) is 0 Å². The highest BCUT2D eigenvalue weighted by atomic mass is 32.2. The Morgan fingerprint density at radius 2 is 2.33 bits per heavy atom. The summed E-state index contributed by atoms with van der Waals surface area (Å²) in [6.45, 7) is 0. The number of sulfone groups is 1. The molecule has 1 fully saturated rings. The highest BCUT2D eigenvalue weighted by Gasteiger charge is 2.49. The second kappa shape index (κ2) is 3.24. The molecule has 0 amide bonds. The second-order valence-electron chi connectivity index (χ2n) is 3.99. The summed E-state index contributed by atoms with van der Waals surface area (Å²) >= 11 is 0. The van der Waals surface area contributed by atoms with Crippen molar-refractivity contribution in [2.45, 2.75) is 30.1 Å². The molecule has 2 unspecified atom stereocenters. The zero-order chi connectivity index (χ0) is 11.1. The summed E-state index contributed by atoms with van der Waals surface area (Å²) < 4.78 is 23.2. The van der Waals surface area contributed by atoms with Gasteiger partial charge in [-0.1, -0.05) is 5.21 Å². The van der Waals surface area contributed by atoms with Crippen LogP contribution in [-0.2, 0) is 15.4 Å². The summed E-state index contributed by atoms with van der Waals surface area (Å²) in [4.78, 5) is 0. The summed E-state index contributed by atoms with van der Waals surface area (Å²) in [5.74, 6) is 0.287. The van der Waals surface area contributed by atoms with Gasteiger partial charge in [0.1, 0.15) is 0 Å². The van der Waals surface area contributed by atoms with E-state index in [9.17, 15) is 8.42 Å². The van der Waals surface area contributed by atoms with Crippen LogP contribution in [0.3, 0.4) is 0 Å².